The Bertz CT molecular complexity index is 1230. The molecule has 3 aromatic rings. The molecule has 0 saturated heterocycles. The average molecular weight is 483 g/mol. The van der Waals surface area contributed by atoms with Crippen molar-refractivity contribution in [1.82, 2.24) is 5.32 Å². The first-order chi connectivity index (χ1) is 16.2. The highest BCUT2D eigenvalue weighted by Gasteiger charge is 2.18. The van der Waals surface area contributed by atoms with Gasteiger partial charge in [-0.3, -0.25) is 9.52 Å². The van der Waals surface area contributed by atoms with Crippen LogP contribution in [0, 0.1) is 0 Å². The van der Waals surface area contributed by atoms with Crippen molar-refractivity contribution in [3.8, 4) is 5.75 Å². The SMILES string of the molecule is CC(C)NC(=O)COC(=O)c1cccc(S(=O)(=O)Nc2ccc(OCc3ccccc3)cc2)c1. The zero-order valence-corrected chi connectivity index (χ0v) is 19.7. The molecule has 9 heteroatoms. The highest BCUT2D eigenvalue weighted by molar-refractivity contribution is 7.92. The first kappa shape index (κ1) is 24.8. The van der Waals surface area contributed by atoms with E-state index in [0.29, 0.717) is 18.0 Å². The summed E-state index contributed by atoms with van der Waals surface area (Å²) < 4.78 is 38.7. The van der Waals surface area contributed by atoms with Crippen LogP contribution in [0.15, 0.2) is 83.8 Å². The van der Waals surface area contributed by atoms with Gasteiger partial charge in [-0.25, -0.2) is 13.2 Å². The van der Waals surface area contributed by atoms with E-state index in [-0.39, 0.29) is 16.5 Å². The summed E-state index contributed by atoms with van der Waals surface area (Å²) in [7, 11) is -3.96. The van der Waals surface area contributed by atoms with Gasteiger partial charge >= 0.3 is 5.97 Å². The smallest absolute Gasteiger partial charge is 0.338 e. The van der Waals surface area contributed by atoms with Gasteiger partial charge in [0.2, 0.25) is 0 Å². The van der Waals surface area contributed by atoms with Gasteiger partial charge < -0.3 is 14.8 Å². The minimum Gasteiger partial charge on any atom is -0.489 e. The lowest BCUT2D eigenvalue weighted by Gasteiger charge is -2.11. The predicted octanol–water partition coefficient (Wildman–Crippen LogP) is 3.75. The molecule has 3 aromatic carbocycles. The van der Waals surface area contributed by atoms with Crippen LogP contribution >= 0.6 is 0 Å². The van der Waals surface area contributed by atoms with Gasteiger partial charge in [0.15, 0.2) is 6.61 Å². The van der Waals surface area contributed by atoms with E-state index in [1.165, 1.54) is 24.3 Å². The van der Waals surface area contributed by atoms with Gasteiger partial charge in [0.25, 0.3) is 15.9 Å². The summed E-state index contributed by atoms with van der Waals surface area (Å²) in [4.78, 5) is 23.8. The zero-order valence-electron chi connectivity index (χ0n) is 18.9. The lowest BCUT2D eigenvalue weighted by Crippen LogP contribution is -2.34. The largest absolute Gasteiger partial charge is 0.489 e. The number of anilines is 1. The average Bonchev–Trinajstić information content (AvgIpc) is 2.82. The molecule has 2 N–H and O–H groups in total. The number of hydrogen-bond acceptors (Lipinski definition) is 6. The molecule has 0 aromatic heterocycles. The number of hydrogen-bond donors (Lipinski definition) is 2. The molecule has 0 bridgehead atoms. The molecule has 0 aliphatic rings. The van der Waals surface area contributed by atoms with Crippen molar-refractivity contribution >= 4 is 27.6 Å². The molecule has 3 rings (SSSR count). The molecule has 0 saturated carbocycles. The number of amides is 1. The monoisotopic (exact) mass is 482 g/mol. The van der Waals surface area contributed by atoms with E-state index in [0.717, 1.165) is 5.56 Å². The van der Waals surface area contributed by atoms with Crippen LogP contribution in [0.2, 0.25) is 0 Å². The molecule has 0 spiro atoms. The molecule has 0 aliphatic heterocycles. The molecular formula is C25H26N2O6S. The van der Waals surface area contributed by atoms with Gasteiger partial charge in [0.1, 0.15) is 12.4 Å². The standard InChI is InChI=1S/C25H26N2O6S/c1-18(2)26-24(28)17-33-25(29)20-9-6-10-23(15-20)34(30,31)27-21-11-13-22(14-12-21)32-16-19-7-4-3-5-8-19/h3-15,18,27H,16-17H2,1-2H3,(H,26,28). The third kappa shape index (κ3) is 7.35. The Balaban J connectivity index is 1.61. The summed E-state index contributed by atoms with van der Waals surface area (Å²) in [6.45, 7) is 3.51. The van der Waals surface area contributed by atoms with E-state index in [9.17, 15) is 18.0 Å². The number of benzene rings is 3. The molecule has 0 radical (unpaired) electrons. The maximum Gasteiger partial charge on any atom is 0.338 e. The number of carbonyl (C=O) groups excluding carboxylic acids is 2. The van der Waals surface area contributed by atoms with Crippen molar-refractivity contribution in [2.45, 2.75) is 31.4 Å². The van der Waals surface area contributed by atoms with E-state index in [1.54, 1.807) is 38.1 Å². The van der Waals surface area contributed by atoms with Crippen molar-refractivity contribution in [1.29, 1.82) is 0 Å². The Morgan fingerprint density at radius 2 is 1.62 bits per heavy atom. The van der Waals surface area contributed by atoms with Crippen LogP contribution in [0.4, 0.5) is 5.69 Å². The Labute approximate surface area is 199 Å². The van der Waals surface area contributed by atoms with Crippen LogP contribution in [0.3, 0.4) is 0 Å². The van der Waals surface area contributed by atoms with Gasteiger partial charge in [0.05, 0.1) is 10.5 Å². The third-order valence-corrected chi connectivity index (χ3v) is 5.90. The number of ether oxygens (including phenoxy) is 2. The lowest BCUT2D eigenvalue weighted by atomic mass is 10.2. The quantitative estimate of drug-likeness (QED) is 0.426. The fraction of sp³-hybridized carbons (Fsp3) is 0.200. The van der Waals surface area contributed by atoms with Crippen LogP contribution in [-0.2, 0) is 26.2 Å². The summed E-state index contributed by atoms with van der Waals surface area (Å²) in [5.74, 6) is -0.640. The molecule has 0 unspecified atom stereocenters. The summed E-state index contributed by atoms with van der Waals surface area (Å²) in [6.07, 6.45) is 0. The van der Waals surface area contributed by atoms with Gasteiger partial charge in [-0.15, -0.1) is 0 Å². The van der Waals surface area contributed by atoms with Gasteiger partial charge in [-0.2, -0.15) is 0 Å². The van der Waals surface area contributed by atoms with Crippen molar-refractivity contribution < 1.29 is 27.5 Å². The maximum absolute atomic E-state index is 12.8. The van der Waals surface area contributed by atoms with Crippen LogP contribution in [0.1, 0.15) is 29.8 Å². The minimum absolute atomic E-state index is 0.0184. The van der Waals surface area contributed by atoms with E-state index in [4.69, 9.17) is 9.47 Å². The topological polar surface area (TPSA) is 111 Å². The molecule has 34 heavy (non-hydrogen) atoms. The fourth-order valence-corrected chi connectivity index (χ4v) is 4.05. The molecule has 0 aliphatic carbocycles. The van der Waals surface area contributed by atoms with Crippen LogP contribution in [-0.4, -0.2) is 32.9 Å². The zero-order chi connectivity index (χ0) is 24.6. The second kappa shape index (κ2) is 11.3. The summed E-state index contributed by atoms with van der Waals surface area (Å²) in [5.41, 5.74) is 1.38. The fourth-order valence-electron chi connectivity index (χ4n) is 2.94. The first-order valence-electron chi connectivity index (χ1n) is 10.6. The summed E-state index contributed by atoms with van der Waals surface area (Å²) >= 11 is 0. The number of sulfonamides is 1. The van der Waals surface area contributed by atoms with Gasteiger partial charge in [0, 0.05) is 11.7 Å². The maximum atomic E-state index is 12.8. The second-order valence-corrected chi connectivity index (χ2v) is 9.41. The minimum atomic E-state index is -3.96. The van der Waals surface area contributed by atoms with Crippen molar-refractivity contribution in [2.24, 2.45) is 0 Å². The van der Waals surface area contributed by atoms with E-state index in [1.807, 2.05) is 30.3 Å². The Morgan fingerprint density at radius 3 is 2.29 bits per heavy atom. The van der Waals surface area contributed by atoms with Gasteiger partial charge in [-0.1, -0.05) is 36.4 Å². The van der Waals surface area contributed by atoms with E-state index >= 15 is 0 Å². The summed E-state index contributed by atoms with van der Waals surface area (Å²) in [5, 5.41) is 2.60. The number of nitrogens with one attached hydrogen (secondary N) is 2. The summed E-state index contributed by atoms with van der Waals surface area (Å²) in [6, 6.07) is 21.5. The lowest BCUT2D eigenvalue weighted by molar-refractivity contribution is -0.124. The molecule has 178 valence electrons. The highest BCUT2D eigenvalue weighted by atomic mass is 32.2. The second-order valence-electron chi connectivity index (χ2n) is 7.73. The Hall–Kier alpha value is -3.85. The molecule has 0 fully saturated rings. The van der Waals surface area contributed by atoms with E-state index < -0.39 is 28.5 Å². The van der Waals surface area contributed by atoms with Gasteiger partial charge in [-0.05, 0) is 61.9 Å². The van der Waals surface area contributed by atoms with Crippen molar-refractivity contribution in [2.75, 3.05) is 11.3 Å². The molecule has 1 amide bonds. The van der Waals surface area contributed by atoms with Crippen LogP contribution in [0.25, 0.3) is 0 Å². The Kier molecular flexibility index (Phi) is 8.26. The molecular weight excluding hydrogens is 456 g/mol. The molecule has 0 atom stereocenters. The van der Waals surface area contributed by atoms with Crippen molar-refractivity contribution in [3.63, 3.8) is 0 Å². The van der Waals surface area contributed by atoms with E-state index in [2.05, 4.69) is 10.0 Å². The van der Waals surface area contributed by atoms with Crippen LogP contribution in [0.5, 0.6) is 5.75 Å². The number of esters is 1. The predicted molar refractivity (Wildman–Crippen MR) is 128 cm³/mol. The highest BCUT2D eigenvalue weighted by Crippen LogP contribution is 2.21. The molecule has 8 nitrogen and oxygen atoms in total. The normalized spacial score (nSPS) is 11.0. The Morgan fingerprint density at radius 1 is 0.912 bits per heavy atom. The van der Waals surface area contributed by atoms with Crippen LogP contribution < -0.4 is 14.8 Å². The first-order valence-corrected chi connectivity index (χ1v) is 12.1. The number of carbonyl (C=O) groups is 2. The third-order valence-electron chi connectivity index (χ3n) is 4.52. The van der Waals surface area contributed by atoms with Crippen molar-refractivity contribution in [3.05, 3.63) is 90.0 Å². The molecule has 0 heterocycles. The number of rotatable bonds is 10.